The fourth-order valence-corrected chi connectivity index (χ4v) is 3.47. The second-order valence-electron chi connectivity index (χ2n) is 4.85. The fraction of sp³-hybridized carbons (Fsp3) is 0.462. The standard InChI is InChI=1S/C13H20N4O2S2.HI/c1-21(18,19)16-12-4-2-3-11(9-12)10-15-13(14)17-5-7-20-8-6-17;/h2-4,9,16H,5-8,10H2,1H3,(H2,14,15);1H. The number of nitrogens with two attached hydrogens (primary N) is 1. The Bertz CT molecular complexity index is 616. The zero-order valence-electron chi connectivity index (χ0n) is 12.4. The highest BCUT2D eigenvalue weighted by Crippen LogP contribution is 2.13. The first-order valence-corrected chi connectivity index (χ1v) is 9.68. The number of hydrogen-bond acceptors (Lipinski definition) is 4. The number of guanidine groups is 1. The SMILES string of the molecule is CS(=O)(=O)Nc1cccc(CN=C(N)N2CCSCC2)c1.I. The van der Waals surface area contributed by atoms with Gasteiger partial charge in [0.15, 0.2) is 5.96 Å². The van der Waals surface area contributed by atoms with E-state index in [1.165, 1.54) is 0 Å². The Morgan fingerprint density at radius 1 is 1.41 bits per heavy atom. The Hall–Kier alpha value is -0.680. The van der Waals surface area contributed by atoms with Crippen molar-refractivity contribution >= 4 is 57.4 Å². The summed E-state index contributed by atoms with van der Waals surface area (Å²) >= 11 is 1.92. The molecule has 1 aliphatic rings. The van der Waals surface area contributed by atoms with Crippen LogP contribution in [0.25, 0.3) is 0 Å². The topological polar surface area (TPSA) is 87.8 Å². The number of nitrogens with one attached hydrogen (secondary N) is 1. The molecule has 9 heteroatoms. The lowest BCUT2D eigenvalue weighted by Crippen LogP contribution is -2.42. The quantitative estimate of drug-likeness (QED) is 0.408. The van der Waals surface area contributed by atoms with Gasteiger partial charge in [-0.2, -0.15) is 11.8 Å². The van der Waals surface area contributed by atoms with E-state index < -0.39 is 10.0 Å². The second-order valence-corrected chi connectivity index (χ2v) is 7.82. The summed E-state index contributed by atoms with van der Waals surface area (Å²) in [6.45, 7) is 2.29. The lowest BCUT2D eigenvalue weighted by Gasteiger charge is -2.27. The summed E-state index contributed by atoms with van der Waals surface area (Å²) in [4.78, 5) is 6.47. The van der Waals surface area contributed by atoms with Crippen LogP contribution in [0.4, 0.5) is 5.69 Å². The van der Waals surface area contributed by atoms with E-state index in [-0.39, 0.29) is 24.0 Å². The molecule has 1 fully saturated rings. The summed E-state index contributed by atoms with van der Waals surface area (Å²) in [5, 5.41) is 0. The van der Waals surface area contributed by atoms with Gasteiger partial charge < -0.3 is 10.6 Å². The molecule has 22 heavy (non-hydrogen) atoms. The van der Waals surface area contributed by atoms with Crippen molar-refractivity contribution in [3.63, 3.8) is 0 Å². The summed E-state index contributed by atoms with van der Waals surface area (Å²) in [6.07, 6.45) is 1.13. The number of sulfonamides is 1. The predicted molar refractivity (Wildman–Crippen MR) is 105 cm³/mol. The summed E-state index contributed by atoms with van der Waals surface area (Å²) in [7, 11) is -3.26. The monoisotopic (exact) mass is 456 g/mol. The molecule has 124 valence electrons. The summed E-state index contributed by atoms with van der Waals surface area (Å²) < 4.78 is 24.9. The van der Waals surface area contributed by atoms with Crippen LogP contribution in [-0.2, 0) is 16.6 Å². The van der Waals surface area contributed by atoms with Gasteiger partial charge in [0.25, 0.3) is 0 Å². The number of rotatable bonds is 4. The third-order valence-electron chi connectivity index (χ3n) is 2.99. The van der Waals surface area contributed by atoms with Gasteiger partial charge in [0.05, 0.1) is 12.8 Å². The van der Waals surface area contributed by atoms with E-state index in [0.717, 1.165) is 36.4 Å². The number of hydrogen-bond donors (Lipinski definition) is 2. The van der Waals surface area contributed by atoms with Gasteiger partial charge in [-0.3, -0.25) is 4.72 Å². The van der Waals surface area contributed by atoms with Crippen LogP contribution in [0.3, 0.4) is 0 Å². The summed E-state index contributed by atoms with van der Waals surface area (Å²) in [5.74, 6) is 2.70. The molecular formula is C13H21IN4O2S2. The average molecular weight is 456 g/mol. The third kappa shape index (κ3) is 6.61. The first-order valence-electron chi connectivity index (χ1n) is 6.63. The van der Waals surface area contributed by atoms with Gasteiger partial charge in [-0.15, -0.1) is 24.0 Å². The minimum absolute atomic E-state index is 0. The molecule has 6 nitrogen and oxygen atoms in total. The Kier molecular flexibility index (Phi) is 7.77. The zero-order chi connectivity index (χ0) is 15.3. The highest BCUT2D eigenvalue weighted by atomic mass is 127. The van der Waals surface area contributed by atoms with Crippen molar-refractivity contribution in [1.82, 2.24) is 4.90 Å². The second kappa shape index (κ2) is 8.82. The number of aliphatic imine (C=N–C) groups is 1. The van der Waals surface area contributed by atoms with Crippen LogP contribution >= 0.6 is 35.7 Å². The summed E-state index contributed by atoms with van der Waals surface area (Å²) in [5.41, 5.74) is 7.45. The van der Waals surface area contributed by atoms with Gasteiger partial charge >= 0.3 is 0 Å². The van der Waals surface area contributed by atoms with E-state index in [9.17, 15) is 8.42 Å². The Morgan fingerprint density at radius 3 is 2.73 bits per heavy atom. The van der Waals surface area contributed by atoms with Crippen LogP contribution in [0.15, 0.2) is 29.3 Å². The van der Waals surface area contributed by atoms with E-state index in [1.807, 2.05) is 17.8 Å². The summed E-state index contributed by atoms with van der Waals surface area (Å²) in [6, 6.07) is 7.17. The van der Waals surface area contributed by atoms with E-state index in [0.29, 0.717) is 18.2 Å². The van der Waals surface area contributed by atoms with Gasteiger partial charge in [0.2, 0.25) is 10.0 Å². The van der Waals surface area contributed by atoms with Crippen molar-refractivity contribution in [3.05, 3.63) is 29.8 Å². The molecule has 0 spiro atoms. The highest BCUT2D eigenvalue weighted by molar-refractivity contribution is 14.0. The maximum absolute atomic E-state index is 11.2. The molecule has 0 amide bonds. The normalized spacial score (nSPS) is 16.0. The lowest BCUT2D eigenvalue weighted by molar-refractivity contribution is 0.455. The van der Waals surface area contributed by atoms with Gasteiger partial charge in [-0.1, -0.05) is 12.1 Å². The minimum Gasteiger partial charge on any atom is -0.370 e. The molecule has 1 heterocycles. The molecular weight excluding hydrogens is 435 g/mol. The molecule has 0 unspecified atom stereocenters. The zero-order valence-corrected chi connectivity index (χ0v) is 16.3. The van der Waals surface area contributed by atoms with Gasteiger partial charge in [0.1, 0.15) is 0 Å². The molecule has 1 aliphatic heterocycles. The van der Waals surface area contributed by atoms with Crippen LogP contribution in [0.2, 0.25) is 0 Å². The Labute approximate surface area is 153 Å². The van der Waals surface area contributed by atoms with Crippen LogP contribution < -0.4 is 10.5 Å². The van der Waals surface area contributed by atoms with E-state index in [1.54, 1.807) is 18.2 Å². The maximum atomic E-state index is 11.2. The smallest absolute Gasteiger partial charge is 0.229 e. The molecule has 0 radical (unpaired) electrons. The minimum atomic E-state index is -3.26. The predicted octanol–water partition coefficient (Wildman–Crippen LogP) is 1.54. The number of thioether (sulfide) groups is 1. The first kappa shape index (κ1) is 19.4. The van der Waals surface area contributed by atoms with E-state index in [4.69, 9.17) is 5.73 Å². The average Bonchev–Trinajstić information content (AvgIpc) is 2.44. The Morgan fingerprint density at radius 2 is 2.09 bits per heavy atom. The fourth-order valence-electron chi connectivity index (χ4n) is 2.01. The molecule has 3 N–H and O–H groups in total. The number of benzene rings is 1. The van der Waals surface area contributed by atoms with Crippen LogP contribution in [0.5, 0.6) is 0 Å². The number of anilines is 1. The highest BCUT2D eigenvalue weighted by Gasteiger charge is 2.11. The van der Waals surface area contributed by atoms with Crippen LogP contribution in [0, 0.1) is 0 Å². The van der Waals surface area contributed by atoms with Crippen LogP contribution in [-0.4, -0.2) is 50.1 Å². The van der Waals surface area contributed by atoms with Crippen molar-refractivity contribution in [2.24, 2.45) is 10.7 Å². The van der Waals surface area contributed by atoms with Crippen molar-refractivity contribution in [1.29, 1.82) is 0 Å². The molecule has 1 aromatic carbocycles. The lowest BCUT2D eigenvalue weighted by atomic mass is 10.2. The van der Waals surface area contributed by atoms with E-state index in [2.05, 4.69) is 14.6 Å². The van der Waals surface area contributed by atoms with Crippen molar-refractivity contribution < 1.29 is 8.42 Å². The van der Waals surface area contributed by atoms with Crippen molar-refractivity contribution in [2.45, 2.75) is 6.54 Å². The third-order valence-corrected chi connectivity index (χ3v) is 4.54. The molecule has 0 saturated carbocycles. The number of halogens is 1. The maximum Gasteiger partial charge on any atom is 0.229 e. The number of nitrogens with zero attached hydrogens (tertiary/aromatic N) is 2. The van der Waals surface area contributed by atoms with Gasteiger partial charge in [-0.05, 0) is 17.7 Å². The molecule has 1 saturated heterocycles. The Balaban J connectivity index is 0.00000242. The largest absolute Gasteiger partial charge is 0.370 e. The van der Waals surface area contributed by atoms with Crippen molar-refractivity contribution in [3.8, 4) is 0 Å². The van der Waals surface area contributed by atoms with Gasteiger partial charge in [-0.25, -0.2) is 13.4 Å². The molecule has 0 atom stereocenters. The van der Waals surface area contributed by atoms with Crippen LogP contribution in [0.1, 0.15) is 5.56 Å². The van der Waals surface area contributed by atoms with Gasteiger partial charge in [0, 0.05) is 30.3 Å². The molecule has 0 aromatic heterocycles. The molecule has 0 bridgehead atoms. The molecule has 0 aliphatic carbocycles. The first-order chi connectivity index (χ1) is 9.94. The van der Waals surface area contributed by atoms with Crippen molar-refractivity contribution in [2.75, 3.05) is 35.6 Å². The van der Waals surface area contributed by atoms with E-state index >= 15 is 0 Å². The molecule has 1 aromatic rings. The molecule has 2 rings (SSSR count).